The number of hydrogen-bond donors (Lipinski definition) is 0. The maximum absolute atomic E-state index is 13.6. The van der Waals surface area contributed by atoms with Crippen molar-refractivity contribution in [2.45, 2.75) is 25.3 Å². The summed E-state index contributed by atoms with van der Waals surface area (Å²) in [6, 6.07) is 31.8. The summed E-state index contributed by atoms with van der Waals surface area (Å²) in [5, 5.41) is 0. The van der Waals surface area contributed by atoms with Crippen LogP contribution in [0.5, 0.6) is 5.75 Å². The Labute approximate surface area is 290 Å². The Morgan fingerprint density at radius 1 is 0.840 bits per heavy atom. The molecule has 10 nitrogen and oxygen atoms in total. The van der Waals surface area contributed by atoms with Crippen LogP contribution in [0.25, 0.3) is 22.6 Å². The monoisotopic (exact) mass is 671 g/mol. The van der Waals surface area contributed by atoms with E-state index in [0.717, 1.165) is 39.3 Å². The molecule has 0 spiro atoms. The van der Waals surface area contributed by atoms with Crippen molar-refractivity contribution >= 4 is 18.0 Å². The van der Waals surface area contributed by atoms with Gasteiger partial charge in [0.05, 0.1) is 26.0 Å². The Morgan fingerprint density at radius 3 is 2.18 bits per heavy atom. The molecule has 1 fully saturated rings. The van der Waals surface area contributed by atoms with E-state index in [1.807, 2.05) is 61.5 Å². The van der Waals surface area contributed by atoms with E-state index in [1.165, 1.54) is 16.9 Å². The first kappa shape index (κ1) is 32.6. The second kappa shape index (κ2) is 14.3. The van der Waals surface area contributed by atoms with Crippen LogP contribution in [0.4, 0.5) is 4.79 Å². The summed E-state index contributed by atoms with van der Waals surface area (Å²) in [6.45, 7) is 2.74. The lowest BCUT2D eigenvalue weighted by molar-refractivity contribution is -0.147. The van der Waals surface area contributed by atoms with Crippen molar-refractivity contribution in [2.75, 3.05) is 40.0 Å². The van der Waals surface area contributed by atoms with Crippen molar-refractivity contribution in [1.82, 2.24) is 14.8 Å². The van der Waals surface area contributed by atoms with Crippen LogP contribution in [-0.2, 0) is 20.7 Å². The zero-order chi connectivity index (χ0) is 34.6. The van der Waals surface area contributed by atoms with E-state index in [9.17, 15) is 14.4 Å². The van der Waals surface area contributed by atoms with Crippen molar-refractivity contribution in [3.63, 3.8) is 0 Å². The van der Waals surface area contributed by atoms with Gasteiger partial charge >= 0.3 is 12.1 Å². The van der Waals surface area contributed by atoms with Crippen molar-refractivity contribution in [3.8, 4) is 28.3 Å². The molecular weight excluding hydrogens is 634 g/mol. The fraction of sp³-hybridized carbons (Fsp3) is 0.250. The summed E-state index contributed by atoms with van der Waals surface area (Å²) in [6.07, 6.45) is 0.0175. The zero-order valence-electron chi connectivity index (χ0n) is 27.9. The lowest BCUT2D eigenvalue weighted by Gasteiger charge is -2.39. The number of piperazine rings is 1. The van der Waals surface area contributed by atoms with Crippen molar-refractivity contribution in [3.05, 3.63) is 131 Å². The average Bonchev–Trinajstić information content (AvgIpc) is 3.70. The predicted molar refractivity (Wildman–Crippen MR) is 186 cm³/mol. The molecule has 2 aliphatic rings. The molecule has 10 heteroatoms. The average molecular weight is 672 g/mol. The number of aromatic nitrogens is 1. The first-order valence-corrected chi connectivity index (χ1v) is 16.6. The molecule has 1 atom stereocenters. The van der Waals surface area contributed by atoms with E-state index in [4.69, 9.17) is 18.6 Å². The van der Waals surface area contributed by atoms with Crippen LogP contribution in [0.2, 0.25) is 0 Å². The molecule has 7 rings (SSSR count). The largest absolute Gasteiger partial charge is 0.493 e. The zero-order valence-corrected chi connectivity index (χ0v) is 27.9. The molecule has 1 aliphatic heterocycles. The fourth-order valence-electron chi connectivity index (χ4n) is 6.70. The first-order chi connectivity index (χ1) is 24.4. The highest BCUT2D eigenvalue weighted by molar-refractivity contribution is 5.97. The Balaban J connectivity index is 0.948. The van der Waals surface area contributed by atoms with Gasteiger partial charge in [-0.05, 0) is 65.6 Å². The van der Waals surface area contributed by atoms with Crippen LogP contribution >= 0.6 is 0 Å². The second-order valence-corrected chi connectivity index (χ2v) is 12.3. The first-order valence-electron chi connectivity index (χ1n) is 16.6. The minimum atomic E-state index is -0.982. The molecule has 0 radical (unpaired) electrons. The van der Waals surface area contributed by atoms with Crippen LogP contribution in [0, 0.1) is 6.92 Å². The third kappa shape index (κ3) is 6.56. The molecule has 1 unspecified atom stereocenters. The second-order valence-electron chi connectivity index (χ2n) is 12.3. The van der Waals surface area contributed by atoms with Gasteiger partial charge in [0.25, 0.3) is 5.91 Å². The number of ether oxygens (including phenoxy) is 3. The lowest BCUT2D eigenvalue weighted by Crippen LogP contribution is -2.59. The molecule has 2 amide bonds. The minimum absolute atomic E-state index is 0.0380. The molecule has 50 heavy (non-hydrogen) atoms. The third-order valence-electron chi connectivity index (χ3n) is 9.33. The Morgan fingerprint density at radius 2 is 1.50 bits per heavy atom. The van der Waals surface area contributed by atoms with Gasteiger partial charge in [-0.25, -0.2) is 14.6 Å². The number of oxazole rings is 1. The minimum Gasteiger partial charge on any atom is -0.493 e. The summed E-state index contributed by atoms with van der Waals surface area (Å²) in [7, 11) is 1.27. The molecule has 2 heterocycles. The van der Waals surface area contributed by atoms with Gasteiger partial charge in [-0.15, -0.1) is 0 Å². The van der Waals surface area contributed by atoms with Crippen molar-refractivity contribution in [1.29, 1.82) is 0 Å². The molecule has 0 bridgehead atoms. The summed E-state index contributed by atoms with van der Waals surface area (Å²) >= 11 is 0. The van der Waals surface area contributed by atoms with Crippen LogP contribution in [0.1, 0.15) is 38.9 Å². The summed E-state index contributed by atoms with van der Waals surface area (Å²) < 4.78 is 22.7. The number of rotatable bonds is 9. The van der Waals surface area contributed by atoms with E-state index in [0.29, 0.717) is 30.2 Å². The molecule has 254 valence electrons. The van der Waals surface area contributed by atoms with Gasteiger partial charge < -0.3 is 28.4 Å². The number of carbonyl (C=O) groups is 3. The van der Waals surface area contributed by atoms with Gasteiger partial charge in [-0.2, -0.15) is 0 Å². The number of methoxy groups -OCH3 is 1. The number of hydrogen-bond acceptors (Lipinski definition) is 8. The SMILES string of the molecule is COC(=O)C1CN(C(=O)OCC2c3ccccc3-c3ccccc32)CCN1C(=O)c1ccc(OCCc2nc(-c3ccccc3)oc2C)cc1. The van der Waals surface area contributed by atoms with Crippen LogP contribution in [-0.4, -0.2) is 78.8 Å². The quantitative estimate of drug-likeness (QED) is 0.163. The Hall–Kier alpha value is -5.90. The number of amides is 2. The molecule has 4 aromatic carbocycles. The van der Waals surface area contributed by atoms with Crippen LogP contribution < -0.4 is 4.74 Å². The fourth-order valence-corrected chi connectivity index (χ4v) is 6.70. The maximum atomic E-state index is 13.6. The Bertz CT molecular complexity index is 1960. The molecule has 1 aliphatic carbocycles. The smallest absolute Gasteiger partial charge is 0.409 e. The molecule has 0 N–H and O–H groups in total. The molecule has 0 saturated carbocycles. The molecule has 5 aromatic rings. The highest BCUT2D eigenvalue weighted by Gasteiger charge is 2.39. The molecular formula is C40H37N3O7. The molecule has 1 saturated heterocycles. The van der Waals surface area contributed by atoms with E-state index in [-0.39, 0.29) is 38.1 Å². The number of aryl methyl sites for hydroxylation is 1. The van der Waals surface area contributed by atoms with E-state index in [2.05, 4.69) is 29.2 Å². The Kier molecular flexibility index (Phi) is 9.33. The van der Waals surface area contributed by atoms with E-state index < -0.39 is 18.1 Å². The normalized spacial score (nSPS) is 15.3. The number of esters is 1. The van der Waals surface area contributed by atoms with Gasteiger partial charge in [0, 0.05) is 36.6 Å². The number of nitrogens with zero attached hydrogens (tertiary/aromatic N) is 3. The summed E-state index contributed by atoms with van der Waals surface area (Å²) in [5.41, 5.74) is 6.63. The van der Waals surface area contributed by atoms with Crippen LogP contribution in [0.15, 0.2) is 108 Å². The summed E-state index contributed by atoms with van der Waals surface area (Å²) in [5.74, 6) is 0.878. The standard InChI is InChI=1S/C40H37N3O7/c1-26-35(41-37(50-26)27-10-4-3-5-11-27)20-23-48-29-18-16-28(17-19-29)38(44)43-22-21-42(24-36(43)39(45)47-2)40(46)49-25-34-32-14-8-6-12-30(32)31-13-7-9-15-33(31)34/h3-19,34,36H,20-25H2,1-2H3. The number of fused-ring (bicyclic) bond motifs is 3. The maximum Gasteiger partial charge on any atom is 0.409 e. The van der Waals surface area contributed by atoms with Crippen LogP contribution in [0.3, 0.4) is 0 Å². The van der Waals surface area contributed by atoms with E-state index >= 15 is 0 Å². The van der Waals surface area contributed by atoms with Gasteiger partial charge in [0.1, 0.15) is 24.2 Å². The van der Waals surface area contributed by atoms with Gasteiger partial charge in [0.15, 0.2) is 0 Å². The molecule has 1 aromatic heterocycles. The topological polar surface area (TPSA) is 111 Å². The van der Waals surface area contributed by atoms with Crippen molar-refractivity contribution < 1.29 is 33.0 Å². The van der Waals surface area contributed by atoms with Gasteiger partial charge in [0.2, 0.25) is 5.89 Å². The van der Waals surface area contributed by atoms with E-state index in [1.54, 1.807) is 24.3 Å². The third-order valence-corrected chi connectivity index (χ3v) is 9.33. The number of carbonyl (C=O) groups excluding carboxylic acids is 3. The number of benzene rings is 4. The van der Waals surface area contributed by atoms with Crippen molar-refractivity contribution in [2.24, 2.45) is 0 Å². The van der Waals surface area contributed by atoms with Gasteiger partial charge in [-0.1, -0.05) is 66.7 Å². The highest BCUT2D eigenvalue weighted by atomic mass is 16.6. The summed E-state index contributed by atoms with van der Waals surface area (Å²) in [4.78, 5) is 47.4. The highest BCUT2D eigenvalue weighted by Crippen LogP contribution is 2.44. The predicted octanol–water partition coefficient (Wildman–Crippen LogP) is 6.52. The lowest BCUT2D eigenvalue weighted by atomic mass is 9.98. The van der Waals surface area contributed by atoms with Gasteiger partial charge in [-0.3, -0.25) is 4.79 Å².